The van der Waals surface area contributed by atoms with E-state index in [1.165, 1.54) is 0 Å². The minimum Gasteiger partial charge on any atom is -0.393 e. The van der Waals surface area contributed by atoms with Gasteiger partial charge in [-0.1, -0.05) is 26.0 Å². The van der Waals surface area contributed by atoms with E-state index in [1.54, 1.807) is 4.90 Å². The van der Waals surface area contributed by atoms with Crippen LogP contribution in [-0.2, 0) is 16.0 Å². The molecule has 2 heterocycles. The molecule has 2 saturated heterocycles. The van der Waals surface area contributed by atoms with Crippen LogP contribution in [0.15, 0.2) is 24.3 Å². The standard InChI is InChI=1S/C20H28N2O3/c1-20(2)13-17(23)8-10-21(14-20)19(25)12-15-5-3-6-16(11-15)22-9-4-7-18(22)24/h3,5-6,11,17,23H,4,7-10,12-14H2,1-2H3/t17-/m0/s1. The van der Waals surface area contributed by atoms with Crippen LogP contribution in [0.2, 0.25) is 0 Å². The van der Waals surface area contributed by atoms with Gasteiger partial charge >= 0.3 is 0 Å². The van der Waals surface area contributed by atoms with E-state index in [-0.39, 0.29) is 23.3 Å². The first-order valence-corrected chi connectivity index (χ1v) is 9.19. The van der Waals surface area contributed by atoms with Crippen molar-refractivity contribution in [3.05, 3.63) is 29.8 Å². The summed E-state index contributed by atoms with van der Waals surface area (Å²) in [5.74, 6) is 0.249. The molecule has 1 aromatic rings. The van der Waals surface area contributed by atoms with Crippen LogP contribution in [0.3, 0.4) is 0 Å². The second-order valence-electron chi connectivity index (χ2n) is 8.12. The Bertz CT molecular complexity index is 656. The summed E-state index contributed by atoms with van der Waals surface area (Å²) in [4.78, 5) is 28.4. The highest BCUT2D eigenvalue weighted by molar-refractivity contribution is 5.95. The number of benzene rings is 1. The Morgan fingerprint density at radius 3 is 2.84 bits per heavy atom. The van der Waals surface area contributed by atoms with Crippen molar-refractivity contribution in [1.29, 1.82) is 0 Å². The van der Waals surface area contributed by atoms with Crippen LogP contribution in [0.5, 0.6) is 0 Å². The third-order valence-electron chi connectivity index (χ3n) is 5.14. The van der Waals surface area contributed by atoms with Gasteiger partial charge in [-0.3, -0.25) is 9.59 Å². The van der Waals surface area contributed by atoms with Crippen LogP contribution >= 0.6 is 0 Å². The van der Waals surface area contributed by atoms with Crippen LogP contribution in [0, 0.1) is 5.41 Å². The molecule has 0 saturated carbocycles. The number of hydrogen-bond donors (Lipinski definition) is 1. The Kier molecular flexibility index (Phi) is 5.13. The van der Waals surface area contributed by atoms with Gasteiger partial charge in [-0.05, 0) is 42.4 Å². The molecule has 2 amide bonds. The number of nitrogens with zero attached hydrogens (tertiary/aromatic N) is 2. The lowest BCUT2D eigenvalue weighted by Crippen LogP contribution is -2.38. The summed E-state index contributed by atoms with van der Waals surface area (Å²) in [5.41, 5.74) is 1.75. The fourth-order valence-electron chi connectivity index (χ4n) is 3.96. The Morgan fingerprint density at radius 1 is 1.32 bits per heavy atom. The highest BCUT2D eigenvalue weighted by Crippen LogP contribution is 2.29. The predicted molar refractivity (Wildman–Crippen MR) is 97.3 cm³/mol. The largest absolute Gasteiger partial charge is 0.393 e. The molecule has 1 atom stereocenters. The van der Waals surface area contributed by atoms with E-state index in [4.69, 9.17) is 0 Å². The van der Waals surface area contributed by atoms with Gasteiger partial charge in [0.05, 0.1) is 12.5 Å². The first-order chi connectivity index (χ1) is 11.8. The summed E-state index contributed by atoms with van der Waals surface area (Å²) < 4.78 is 0. The first-order valence-electron chi connectivity index (χ1n) is 9.19. The number of amides is 2. The zero-order valence-corrected chi connectivity index (χ0v) is 15.2. The maximum absolute atomic E-state index is 12.8. The molecular formula is C20H28N2O3. The van der Waals surface area contributed by atoms with Crippen molar-refractivity contribution < 1.29 is 14.7 Å². The number of aliphatic hydroxyl groups excluding tert-OH is 1. The van der Waals surface area contributed by atoms with Crippen LogP contribution in [0.1, 0.15) is 45.1 Å². The molecule has 3 rings (SSSR count). The molecule has 25 heavy (non-hydrogen) atoms. The van der Waals surface area contributed by atoms with E-state index < -0.39 is 0 Å². The van der Waals surface area contributed by atoms with E-state index in [9.17, 15) is 14.7 Å². The molecule has 2 aliphatic rings. The van der Waals surface area contributed by atoms with E-state index in [2.05, 4.69) is 13.8 Å². The summed E-state index contributed by atoms with van der Waals surface area (Å²) >= 11 is 0. The molecule has 0 bridgehead atoms. The van der Waals surface area contributed by atoms with Crippen molar-refractivity contribution in [3.8, 4) is 0 Å². The first kappa shape index (κ1) is 17.9. The quantitative estimate of drug-likeness (QED) is 0.916. The van der Waals surface area contributed by atoms with E-state index in [1.807, 2.05) is 29.2 Å². The van der Waals surface area contributed by atoms with E-state index in [0.717, 1.165) is 30.6 Å². The zero-order valence-electron chi connectivity index (χ0n) is 15.2. The fraction of sp³-hybridized carbons (Fsp3) is 0.600. The van der Waals surface area contributed by atoms with Gasteiger partial charge in [0.25, 0.3) is 0 Å². The van der Waals surface area contributed by atoms with E-state index >= 15 is 0 Å². The third kappa shape index (κ3) is 4.40. The maximum Gasteiger partial charge on any atom is 0.227 e. The maximum atomic E-state index is 12.8. The molecule has 5 heteroatoms. The van der Waals surface area contributed by atoms with Crippen molar-refractivity contribution in [2.75, 3.05) is 24.5 Å². The molecule has 0 aromatic heterocycles. The lowest BCUT2D eigenvalue weighted by atomic mass is 9.87. The molecule has 0 spiro atoms. The Morgan fingerprint density at radius 2 is 2.12 bits per heavy atom. The number of hydrogen-bond acceptors (Lipinski definition) is 3. The minimum absolute atomic E-state index is 0.0740. The van der Waals surface area contributed by atoms with Gasteiger partial charge in [0, 0.05) is 31.7 Å². The van der Waals surface area contributed by atoms with Gasteiger partial charge in [0.1, 0.15) is 0 Å². The Balaban J connectivity index is 1.69. The van der Waals surface area contributed by atoms with Crippen molar-refractivity contribution in [1.82, 2.24) is 4.90 Å². The van der Waals surface area contributed by atoms with Crippen LogP contribution < -0.4 is 4.90 Å². The average Bonchev–Trinajstić information content (AvgIpc) is 2.90. The van der Waals surface area contributed by atoms with Gasteiger partial charge in [0.2, 0.25) is 11.8 Å². The summed E-state index contributed by atoms with van der Waals surface area (Å²) in [7, 11) is 0. The Hall–Kier alpha value is -1.88. The number of rotatable bonds is 3. The lowest BCUT2D eigenvalue weighted by molar-refractivity contribution is -0.131. The van der Waals surface area contributed by atoms with Crippen LogP contribution in [0.4, 0.5) is 5.69 Å². The number of anilines is 1. The molecule has 2 aliphatic heterocycles. The lowest BCUT2D eigenvalue weighted by Gasteiger charge is -2.30. The van der Waals surface area contributed by atoms with Gasteiger partial charge in [0.15, 0.2) is 0 Å². The summed E-state index contributed by atoms with van der Waals surface area (Å²) in [6.07, 6.45) is 2.86. The molecule has 0 aliphatic carbocycles. The molecule has 136 valence electrons. The number of carbonyl (C=O) groups is 2. The Labute approximate surface area is 149 Å². The molecule has 0 radical (unpaired) electrons. The number of aliphatic hydroxyl groups is 1. The SMILES string of the molecule is CC1(C)C[C@@H](O)CCN(C(=O)Cc2cccc(N3CCCC3=O)c2)C1. The smallest absolute Gasteiger partial charge is 0.227 e. The minimum atomic E-state index is -0.336. The van der Waals surface area contributed by atoms with Gasteiger partial charge < -0.3 is 14.9 Å². The predicted octanol–water partition coefficient (Wildman–Crippen LogP) is 2.37. The highest BCUT2D eigenvalue weighted by atomic mass is 16.3. The van der Waals surface area contributed by atoms with Crippen molar-refractivity contribution in [3.63, 3.8) is 0 Å². The summed E-state index contributed by atoms with van der Waals surface area (Å²) in [5, 5.41) is 10.0. The normalized spacial score (nSPS) is 23.6. The average molecular weight is 344 g/mol. The molecule has 2 fully saturated rings. The number of likely N-dealkylation sites (tertiary alicyclic amines) is 1. The van der Waals surface area contributed by atoms with Crippen LogP contribution in [-0.4, -0.2) is 47.6 Å². The molecular weight excluding hydrogens is 316 g/mol. The third-order valence-corrected chi connectivity index (χ3v) is 5.14. The molecule has 5 nitrogen and oxygen atoms in total. The summed E-state index contributed by atoms with van der Waals surface area (Å²) in [6.45, 7) is 6.23. The van der Waals surface area contributed by atoms with Gasteiger partial charge in [-0.2, -0.15) is 0 Å². The van der Waals surface area contributed by atoms with Crippen molar-refractivity contribution in [2.24, 2.45) is 5.41 Å². The van der Waals surface area contributed by atoms with Gasteiger partial charge in [-0.15, -0.1) is 0 Å². The molecule has 1 aromatic carbocycles. The van der Waals surface area contributed by atoms with Gasteiger partial charge in [-0.25, -0.2) is 0 Å². The topological polar surface area (TPSA) is 60.9 Å². The van der Waals surface area contributed by atoms with Crippen molar-refractivity contribution >= 4 is 17.5 Å². The van der Waals surface area contributed by atoms with E-state index in [0.29, 0.717) is 32.4 Å². The summed E-state index contributed by atoms with van der Waals surface area (Å²) in [6, 6.07) is 7.75. The van der Waals surface area contributed by atoms with Crippen molar-refractivity contribution in [2.45, 2.75) is 52.1 Å². The second-order valence-corrected chi connectivity index (χ2v) is 8.12. The molecule has 1 N–H and O–H groups in total. The number of carbonyl (C=O) groups excluding carboxylic acids is 2. The van der Waals surface area contributed by atoms with Crippen LogP contribution in [0.25, 0.3) is 0 Å². The zero-order chi connectivity index (χ0) is 18.0. The molecule has 0 unspecified atom stereocenters. The highest BCUT2D eigenvalue weighted by Gasteiger charge is 2.31. The fourth-order valence-corrected chi connectivity index (χ4v) is 3.96. The monoisotopic (exact) mass is 344 g/mol. The second kappa shape index (κ2) is 7.16.